The molecule has 0 aliphatic carbocycles. The summed E-state index contributed by atoms with van der Waals surface area (Å²) in [4.78, 5) is 10.4. The van der Waals surface area contributed by atoms with E-state index in [0.717, 1.165) is 18.2 Å². The van der Waals surface area contributed by atoms with Crippen molar-refractivity contribution in [3.63, 3.8) is 0 Å². The van der Waals surface area contributed by atoms with E-state index in [4.69, 9.17) is 5.11 Å². The maximum absolute atomic E-state index is 13.8. The van der Waals surface area contributed by atoms with E-state index in [1.165, 1.54) is 16.4 Å². The highest BCUT2D eigenvalue weighted by Crippen LogP contribution is 2.28. The average Bonchev–Trinajstić information content (AvgIpc) is 2.60. The number of carboxylic acids is 1. The Morgan fingerprint density at radius 3 is 2.70 bits per heavy atom. The summed E-state index contributed by atoms with van der Waals surface area (Å²) in [6.07, 6.45) is 1.95. The van der Waals surface area contributed by atoms with Crippen LogP contribution in [0.3, 0.4) is 0 Å². The lowest BCUT2D eigenvalue weighted by molar-refractivity contribution is -0.131. The molecular weight excluding hydrogens is 285 g/mol. The van der Waals surface area contributed by atoms with Crippen LogP contribution in [0.25, 0.3) is 6.08 Å². The van der Waals surface area contributed by atoms with Crippen LogP contribution in [0.15, 0.2) is 24.3 Å². The van der Waals surface area contributed by atoms with Crippen molar-refractivity contribution in [2.45, 2.75) is 6.92 Å². The summed E-state index contributed by atoms with van der Waals surface area (Å²) in [5, 5.41) is 8.49. The zero-order chi connectivity index (χ0) is 14.9. The molecule has 108 valence electrons. The van der Waals surface area contributed by atoms with Gasteiger partial charge in [-0.15, -0.1) is 0 Å². The summed E-state index contributed by atoms with van der Waals surface area (Å²) in [5.41, 5.74) is 0.361. The Kier molecular flexibility index (Phi) is 3.80. The van der Waals surface area contributed by atoms with Gasteiger partial charge in [-0.05, 0) is 30.2 Å². The molecule has 5 nitrogen and oxygen atoms in total. The predicted molar refractivity (Wildman–Crippen MR) is 73.4 cm³/mol. The van der Waals surface area contributed by atoms with Gasteiger partial charge in [0.2, 0.25) is 10.0 Å². The van der Waals surface area contributed by atoms with Crippen molar-refractivity contribution in [2.75, 3.05) is 16.6 Å². The highest BCUT2D eigenvalue weighted by atomic mass is 32.2. The van der Waals surface area contributed by atoms with Gasteiger partial charge < -0.3 is 5.11 Å². The minimum Gasteiger partial charge on any atom is -0.478 e. The largest absolute Gasteiger partial charge is 0.478 e. The van der Waals surface area contributed by atoms with Crippen molar-refractivity contribution in [3.8, 4) is 0 Å². The summed E-state index contributed by atoms with van der Waals surface area (Å²) in [7, 11) is -3.39. The fraction of sp³-hybridized carbons (Fsp3) is 0.308. The van der Waals surface area contributed by atoms with Crippen molar-refractivity contribution in [3.05, 3.63) is 35.7 Å². The van der Waals surface area contributed by atoms with E-state index in [1.807, 2.05) is 6.92 Å². The molecule has 1 aromatic rings. The first-order valence-electron chi connectivity index (χ1n) is 6.00. The van der Waals surface area contributed by atoms with Gasteiger partial charge >= 0.3 is 5.97 Å². The van der Waals surface area contributed by atoms with Crippen LogP contribution in [0.2, 0.25) is 0 Å². The number of carbonyl (C=O) groups is 1. The number of nitrogens with zero attached hydrogens (tertiary/aromatic N) is 1. The Morgan fingerprint density at radius 1 is 1.50 bits per heavy atom. The number of hydrogen-bond donors (Lipinski definition) is 1. The molecule has 1 atom stereocenters. The van der Waals surface area contributed by atoms with Crippen molar-refractivity contribution in [1.82, 2.24) is 0 Å². The fourth-order valence-corrected chi connectivity index (χ4v) is 4.05. The summed E-state index contributed by atoms with van der Waals surface area (Å²) in [5.74, 6) is -1.79. The third-order valence-corrected chi connectivity index (χ3v) is 5.01. The maximum Gasteiger partial charge on any atom is 0.328 e. The highest BCUT2D eigenvalue weighted by molar-refractivity contribution is 7.93. The van der Waals surface area contributed by atoms with Gasteiger partial charge in [-0.2, -0.15) is 0 Å². The van der Waals surface area contributed by atoms with Crippen LogP contribution in [0.5, 0.6) is 0 Å². The van der Waals surface area contributed by atoms with Crippen LogP contribution in [-0.2, 0) is 14.8 Å². The first-order valence-corrected chi connectivity index (χ1v) is 7.61. The number of anilines is 1. The molecule has 2 rings (SSSR count). The van der Waals surface area contributed by atoms with Crippen molar-refractivity contribution >= 4 is 27.8 Å². The Labute approximate surface area is 116 Å². The van der Waals surface area contributed by atoms with Crippen LogP contribution in [0, 0.1) is 11.7 Å². The maximum atomic E-state index is 13.8. The Bertz CT molecular complexity index is 669. The van der Waals surface area contributed by atoms with Gasteiger partial charge in [0.05, 0.1) is 11.4 Å². The molecule has 1 fully saturated rings. The Hall–Kier alpha value is -1.89. The summed E-state index contributed by atoms with van der Waals surface area (Å²) in [6, 6.07) is 3.94. The van der Waals surface area contributed by atoms with E-state index in [-0.39, 0.29) is 22.9 Å². The molecule has 20 heavy (non-hydrogen) atoms. The molecule has 0 radical (unpaired) electrons. The van der Waals surface area contributed by atoms with Crippen molar-refractivity contribution < 1.29 is 22.7 Å². The Balaban J connectivity index is 2.32. The second kappa shape index (κ2) is 5.24. The van der Waals surface area contributed by atoms with Gasteiger partial charge in [0.1, 0.15) is 5.82 Å². The molecule has 0 saturated carbocycles. The van der Waals surface area contributed by atoms with Crippen molar-refractivity contribution in [1.29, 1.82) is 0 Å². The topological polar surface area (TPSA) is 74.7 Å². The van der Waals surface area contributed by atoms with Crippen LogP contribution >= 0.6 is 0 Å². The van der Waals surface area contributed by atoms with Gasteiger partial charge in [0.15, 0.2) is 0 Å². The Morgan fingerprint density at radius 2 is 2.20 bits per heavy atom. The van der Waals surface area contributed by atoms with Gasteiger partial charge in [-0.3, -0.25) is 4.31 Å². The van der Waals surface area contributed by atoms with Gasteiger partial charge in [-0.25, -0.2) is 17.6 Å². The SMILES string of the molecule is CC1CN(c2ccc(C=CC(=O)O)c(F)c2)S(=O)(=O)C1. The first-order chi connectivity index (χ1) is 9.29. The zero-order valence-corrected chi connectivity index (χ0v) is 11.6. The third-order valence-electron chi connectivity index (χ3n) is 2.99. The number of benzene rings is 1. The number of aliphatic carboxylic acids is 1. The number of hydrogen-bond acceptors (Lipinski definition) is 3. The van der Waals surface area contributed by atoms with Crippen LogP contribution in [-0.4, -0.2) is 31.8 Å². The fourth-order valence-electron chi connectivity index (χ4n) is 2.13. The second-order valence-corrected chi connectivity index (χ2v) is 6.73. The lowest BCUT2D eigenvalue weighted by atomic mass is 10.1. The van der Waals surface area contributed by atoms with E-state index in [9.17, 15) is 17.6 Å². The third kappa shape index (κ3) is 2.98. The molecule has 7 heteroatoms. The minimum absolute atomic E-state index is 0.00496. The minimum atomic E-state index is -3.39. The molecule has 1 unspecified atom stereocenters. The normalized spacial score (nSPS) is 21.5. The molecule has 1 aliphatic heterocycles. The van der Waals surface area contributed by atoms with Crippen LogP contribution < -0.4 is 4.31 Å². The summed E-state index contributed by atoms with van der Waals surface area (Å²) in [6.45, 7) is 2.14. The van der Waals surface area contributed by atoms with Gasteiger partial charge in [0.25, 0.3) is 0 Å². The molecule has 0 aromatic heterocycles. The number of halogens is 1. The van der Waals surface area contributed by atoms with Crippen LogP contribution in [0.1, 0.15) is 12.5 Å². The molecule has 1 saturated heterocycles. The molecular formula is C13H14FNO4S. The number of carboxylic acid groups (broad SMARTS) is 1. The van der Waals surface area contributed by atoms with E-state index in [1.54, 1.807) is 0 Å². The second-order valence-electron chi connectivity index (χ2n) is 4.79. The first kappa shape index (κ1) is 14.5. The quantitative estimate of drug-likeness (QED) is 0.862. The van der Waals surface area contributed by atoms with E-state index >= 15 is 0 Å². The summed E-state index contributed by atoms with van der Waals surface area (Å²) >= 11 is 0. The molecule has 1 N–H and O–H groups in total. The number of rotatable bonds is 3. The smallest absolute Gasteiger partial charge is 0.328 e. The van der Waals surface area contributed by atoms with Gasteiger partial charge in [0, 0.05) is 18.2 Å². The van der Waals surface area contributed by atoms with Gasteiger partial charge in [-0.1, -0.05) is 6.92 Å². The van der Waals surface area contributed by atoms with E-state index < -0.39 is 21.8 Å². The molecule has 1 aliphatic rings. The van der Waals surface area contributed by atoms with Crippen molar-refractivity contribution in [2.24, 2.45) is 5.92 Å². The monoisotopic (exact) mass is 299 g/mol. The molecule has 0 spiro atoms. The lowest BCUT2D eigenvalue weighted by Gasteiger charge is -2.17. The predicted octanol–water partition coefficient (Wildman–Crippen LogP) is 1.71. The molecule has 1 aromatic carbocycles. The summed E-state index contributed by atoms with van der Waals surface area (Å²) < 4.78 is 38.8. The zero-order valence-electron chi connectivity index (χ0n) is 10.8. The van der Waals surface area contributed by atoms with E-state index in [0.29, 0.717) is 6.54 Å². The average molecular weight is 299 g/mol. The lowest BCUT2D eigenvalue weighted by Crippen LogP contribution is -2.25. The molecule has 1 heterocycles. The number of sulfonamides is 1. The van der Waals surface area contributed by atoms with E-state index in [2.05, 4.69) is 0 Å². The van der Waals surface area contributed by atoms with Crippen LogP contribution in [0.4, 0.5) is 10.1 Å². The molecule has 0 bridgehead atoms. The molecule has 0 amide bonds. The standard InChI is InChI=1S/C13H14FNO4S/c1-9-7-15(20(18,19)8-9)11-4-2-10(12(14)6-11)3-5-13(16)17/h2-6,9H,7-8H2,1H3,(H,16,17). The highest BCUT2D eigenvalue weighted by Gasteiger charge is 2.33.